The Balaban J connectivity index is 1.12. The number of hydrogen-bond donors (Lipinski definition) is 4. The number of benzene rings is 2. The zero-order valence-corrected chi connectivity index (χ0v) is 35.5. The molecule has 0 saturated carbocycles. The number of rotatable bonds is 11. The second kappa shape index (κ2) is 19.6. The summed E-state index contributed by atoms with van der Waals surface area (Å²) in [5.41, 5.74) is 4.58. The number of piperazine rings is 1. The number of H-pyrrole nitrogens is 2. The van der Waals surface area contributed by atoms with E-state index in [0.29, 0.717) is 23.9 Å². The molecular weight excluding hydrogens is 808 g/mol. The number of nitrogens with one attached hydrogen (secondary N) is 4. The SMILES string of the molecule is COC(=O)N[C@H](C(=O)N1CCC[C@H]1c1ncc(-c2ccc(C#Cc3ccc(-c4cnc([C@@H]5CN(CC(F)(F)F)CCN5C(=O)[C@@H](NC(=O)OC)C(C)C)[nH]4)cc3)cc2)[nH]1)C(C)C. The number of alkyl carbamates (subject to hydrolysis) is 2. The third-order valence-corrected chi connectivity index (χ3v) is 11.0. The van der Waals surface area contributed by atoms with Gasteiger partial charge < -0.3 is 39.9 Å². The van der Waals surface area contributed by atoms with Crippen molar-refractivity contribution in [3.8, 4) is 34.4 Å². The third kappa shape index (κ3) is 10.9. The van der Waals surface area contributed by atoms with Gasteiger partial charge >= 0.3 is 18.4 Å². The average Bonchev–Trinajstić information content (AvgIpc) is 4.05. The van der Waals surface area contributed by atoms with Crippen LogP contribution >= 0.6 is 0 Å². The summed E-state index contributed by atoms with van der Waals surface area (Å²) in [7, 11) is 2.46. The average molecular weight is 860 g/mol. The Kier molecular flexibility index (Phi) is 14.3. The fraction of sp³-hybridized carbons (Fsp3) is 0.455. The minimum Gasteiger partial charge on any atom is -0.453 e. The van der Waals surface area contributed by atoms with Gasteiger partial charge in [-0.2, -0.15) is 13.2 Å². The first-order chi connectivity index (χ1) is 29.5. The van der Waals surface area contributed by atoms with Gasteiger partial charge in [0.15, 0.2) is 0 Å². The van der Waals surface area contributed by atoms with Crippen molar-refractivity contribution < 1.29 is 41.8 Å². The van der Waals surface area contributed by atoms with E-state index in [9.17, 15) is 32.3 Å². The number of carbonyl (C=O) groups is 4. The fourth-order valence-electron chi connectivity index (χ4n) is 7.72. The molecule has 2 aliphatic rings. The van der Waals surface area contributed by atoms with Crippen LogP contribution in [-0.4, -0.2) is 124 Å². The Bertz CT molecular complexity index is 2260. The first-order valence-corrected chi connectivity index (χ1v) is 20.5. The lowest BCUT2D eigenvalue weighted by Gasteiger charge is -2.42. The van der Waals surface area contributed by atoms with Gasteiger partial charge in [-0.25, -0.2) is 19.6 Å². The highest BCUT2D eigenvalue weighted by Crippen LogP contribution is 2.33. The van der Waals surface area contributed by atoms with Crippen LogP contribution in [0.4, 0.5) is 22.8 Å². The van der Waals surface area contributed by atoms with Crippen molar-refractivity contribution in [3.05, 3.63) is 83.7 Å². The predicted octanol–water partition coefficient (Wildman–Crippen LogP) is 6.04. The maximum Gasteiger partial charge on any atom is 0.407 e. The second-order valence-corrected chi connectivity index (χ2v) is 16.1. The highest BCUT2D eigenvalue weighted by atomic mass is 19.4. The van der Waals surface area contributed by atoms with E-state index < -0.39 is 48.9 Å². The van der Waals surface area contributed by atoms with Gasteiger partial charge in [-0.05, 0) is 60.1 Å². The van der Waals surface area contributed by atoms with E-state index in [1.807, 2.05) is 62.4 Å². The summed E-state index contributed by atoms with van der Waals surface area (Å²) in [6, 6.07) is 12.3. The van der Waals surface area contributed by atoms with E-state index in [1.165, 1.54) is 24.0 Å². The van der Waals surface area contributed by atoms with Crippen LogP contribution in [0.1, 0.15) is 75.4 Å². The van der Waals surface area contributed by atoms with Crippen LogP contribution in [0.3, 0.4) is 0 Å². The maximum atomic E-state index is 13.8. The predicted molar refractivity (Wildman–Crippen MR) is 223 cm³/mol. The van der Waals surface area contributed by atoms with Gasteiger partial charge in [0.1, 0.15) is 29.8 Å². The van der Waals surface area contributed by atoms with E-state index in [0.717, 1.165) is 40.8 Å². The smallest absolute Gasteiger partial charge is 0.407 e. The molecule has 2 aromatic heterocycles. The van der Waals surface area contributed by atoms with Crippen LogP contribution in [0.5, 0.6) is 0 Å². The largest absolute Gasteiger partial charge is 0.453 e. The molecule has 0 unspecified atom stereocenters. The van der Waals surface area contributed by atoms with Crippen molar-refractivity contribution >= 4 is 24.0 Å². The molecule has 0 radical (unpaired) electrons. The standard InChI is InChI=1S/C44H52F3N9O6/c1-26(2)36(52-42(59)61-5)40(57)55-19-7-8-34(55)38-48-22-32(50-38)30-15-11-28(12-16-30)9-10-29-13-17-31(18-14-29)33-23-49-39(51-33)35-24-54(25-44(45,46)47)20-21-56(35)41(58)37(27(3)4)53-43(60)62-6/h11-18,22-23,26-27,34-37H,7-8,19-21,24-25H2,1-6H3,(H,48,50)(H,49,51)(H,52,59)(H,53,60)/t34-,35-,36-,37-/m0/s1. The van der Waals surface area contributed by atoms with Crippen LogP contribution in [-0.2, 0) is 19.1 Å². The lowest BCUT2D eigenvalue weighted by atomic mass is 10.0. The molecule has 4 heterocycles. The number of methoxy groups -OCH3 is 2. The van der Waals surface area contributed by atoms with Gasteiger partial charge in [0.25, 0.3) is 0 Å². The molecule has 15 nitrogen and oxygen atoms in total. The highest BCUT2D eigenvalue weighted by molar-refractivity contribution is 5.87. The summed E-state index contributed by atoms with van der Waals surface area (Å²) in [5.74, 6) is 6.28. The number of nitrogens with zero attached hydrogens (tertiary/aromatic N) is 5. The van der Waals surface area contributed by atoms with Gasteiger partial charge in [-0.1, -0.05) is 63.8 Å². The van der Waals surface area contributed by atoms with Crippen LogP contribution in [0, 0.1) is 23.7 Å². The topological polar surface area (TPSA) is 178 Å². The molecule has 0 aliphatic carbocycles. The highest BCUT2D eigenvalue weighted by Gasteiger charge is 2.41. The summed E-state index contributed by atoms with van der Waals surface area (Å²) < 4.78 is 49.7. The van der Waals surface area contributed by atoms with Crippen molar-refractivity contribution in [2.45, 2.75) is 70.9 Å². The Morgan fingerprint density at radius 1 is 0.726 bits per heavy atom. The third-order valence-electron chi connectivity index (χ3n) is 11.0. The lowest BCUT2D eigenvalue weighted by molar-refractivity contribution is -0.157. The maximum absolute atomic E-state index is 13.8. The molecule has 2 aromatic carbocycles. The Labute approximate surface area is 358 Å². The summed E-state index contributed by atoms with van der Waals surface area (Å²) in [6.07, 6.45) is -0.982. The van der Waals surface area contributed by atoms with Crippen molar-refractivity contribution in [1.82, 2.24) is 45.3 Å². The normalized spacial score (nSPS) is 17.9. The van der Waals surface area contributed by atoms with Crippen LogP contribution in [0.25, 0.3) is 22.5 Å². The van der Waals surface area contributed by atoms with Crippen LogP contribution < -0.4 is 10.6 Å². The molecule has 2 fully saturated rings. The van der Waals surface area contributed by atoms with E-state index >= 15 is 0 Å². The molecule has 2 saturated heterocycles. The fourth-order valence-corrected chi connectivity index (χ4v) is 7.72. The molecule has 0 bridgehead atoms. The Morgan fingerprint density at radius 3 is 1.61 bits per heavy atom. The first-order valence-electron chi connectivity index (χ1n) is 20.5. The van der Waals surface area contributed by atoms with Gasteiger partial charge in [0.05, 0.1) is 50.6 Å². The molecular formula is C44H52F3N9O6. The van der Waals surface area contributed by atoms with Crippen molar-refractivity contribution in [2.75, 3.05) is 46.9 Å². The number of ether oxygens (including phenoxy) is 2. The molecule has 4 aromatic rings. The minimum atomic E-state index is -4.42. The van der Waals surface area contributed by atoms with Crippen molar-refractivity contribution in [2.24, 2.45) is 11.8 Å². The number of hydrogen-bond acceptors (Lipinski definition) is 9. The summed E-state index contributed by atoms with van der Waals surface area (Å²) in [5, 5.41) is 5.23. The van der Waals surface area contributed by atoms with E-state index in [1.54, 1.807) is 31.1 Å². The molecule has 4 amide bonds. The number of imidazole rings is 2. The van der Waals surface area contributed by atoms with Crippen LogP contribution in [0.2, 0.25) is 0 Å². The number of alkyl halides is 3. The molecule has 62 heavy (non-hydrogen) atoms. The first kappa shape index (κ1) is 45.2. The Hall–Kier alpha value is -6.35. The number of likely N-dealkylation sites (tertiary alicyclic amines) is 1. The molecule has 4 N–H and O–H groups in total. The van der Waals surface area contributed by atoms with Gasteiger partial charge in [0.2, 0.25) is 11.8 Å². The number of halogens is 3. The summed E-state index contributed by atoms with van der Waals surface area (Å²) in [6.45, 7) is 6.59. The zero-order valence-electron chi connectivity index (χ0n) is 35.5. The number of carbonyl (C=O) groups excluding carboxylic acids is 4. The summed E-state index contributed by atoms with van der Waals surface area (Å²) >= 11 is 0. The Morgan fingerprint density at radius 2 is 1.18 bits per heavy atom. The lowest BCUT2D eigenvalue weighted by Crippen LogP contribution is -2.58. The zero-order chi connectivity index (χ0) is 44.7. The van der Waals surface area contributed by atoms with Gasteiger partial charge in [0, 0.05) is 37.3 Å². The molecule has 18 heteroatoms. The second-order valence-electron chi connectivity index (χ2n) is 16.1. The van der Waals surface area contributed by atoms with Crippen molar-refractivity contribution in [1.29, 1.82) is 0 Å². The monoisotopic (exact) mass is 859 g/mol. The molecule has 4 atom stereocenters. The molecule has 0 spiro atoms. The van der Waals surface area contributed by atoms with Crippen LogP contribution in [0.15, 0.2) is 60.9 Å². The minimum absolute atomic E-state index is 0.000316. The number of aromatic amines is 2. The summed E-state index contributed by atoms with van der Waals surface area (Å²) in [4.78, 5) is 71.5. The molecule has 6 rings (SSSR count). The van der Waals surface area contributed by atoms with Gasteiger partial charge in [-0.15, -0.1) is 0 Å². The van der Waals surface area contributed by atoms with E-state index in [4.69, 9.17) is 9.47 Å². The van der Waals surface area contributed by atoms with Gasteiger partial charge in [-0.3, -0.25) is 14.5 Å². The van der Waals surface area contributed by atoms with Crippen molar-refractivity contribution in [3.63, 3.8) is 0 Å². The molecule has 2 aliphatic heterocycles. The molecule has 330 valence electrons. The van der Waals surface area contributed by atoms with E-state index in [-0.39, 0.29) is 43.4 Å². The number of amides is 4. The number of aromatic nitrogens is 4. The quantitative estimate of drug-likeness (QED) is 0.131. The van der Waals surface area contributed by atoms with E-state index in [2.05, 4.69) is 42.4 Å².